The van der Waals surface area contributed by atoms with Crippen molar-refractivity contribution in [3.63, 3.8) is 0 Å². The van der Waals surface area contributed by atoms with Gasteiger partial charge in [0.25, 0.3) is 0 Å². The Labute approximate surface area is 150 Å². The van der Waals surface area contributed by atoms with E-state index >= 15 is 0 Å². The molecule has 0 bridgehead atoms. The minimum atomic E-state index is 0. The van der Waals surface area contributed by atoms with Crippen molar-refractivity contribution in [1.29, 1.82) is 5.41 Å². The standard InChI is InChI=1S/C15H14Cl2N4O.ClH/c16-13-5-1-3-11(7-13)9-22-14-6-2-4-12(15(14)17)8-20-21(19)10-18;/h1-8,10,18H,9,19H2;1H/b18-10?,20-8+;. The first-order chi connectivity index (χ1) is 10.6. The molecule has 0 fully saturated rings. The normalized spacial score (nSPS) is 10.2. The SMILES string of the molecule is Cl.N=CN(N)/N=C/c1cccc(OCc2cccc(Cl)c2)c1Cl. The maximum Gasteiger partial charge on any atom is 0.139 e. The highest BCUT2D eigenvalue weighted by atomic mass is 35.5. The molecule has 0 aliphatic carbocycles. The number of rotatable bonds is 6. The van der Waals surface area contributed by atoms with E-state index in [4.69, 9.17) is 39.2 Å². The molecular formula is C15H15Cl3N4O. The predicted octanol–water partition coefficient (Wildman–Crippen LogP) is 4.11. The number of hydrogen-bond acceptors (Lipinski definition) is 4. The van der Waals surface area contributed by atoms with Crippen LogP contribution in [-0.2, 0) is 6.61 Å². The molecule has 0 amide bonds. The lowest BCUT2D eigenvalue weighted by Gasteiger charge is -2.10. The van der Waals surface area contributed by atoms with Crippen LogP contribution in [0.5, 0.6) is 5.75 Å². The molecule has 0 aliphatic rings. The van der Waals surface area contributed by atoms with E-state index in [0.29, 0.717) is 28.0 Å². The smallest absolute Gasteiger partial charge is 0.139 e. The van der Waals surface area contributed by atoms with Crippen molar-refractivity contribution in [2.45, 2.75) is 6.61 Å². The summed E-state index contributed by atoms with van der Waals surface area (Å²) in [5.74, 6) is 5.89. The Bertz CT molecular complexity index is 694. The van der Waals surface area contributed by atoms with Gasteiger partial charge in [0, 0.05) is 10.6 Å². The van der Waals surface area contributed by atoms with Gasteiger partial charge < -0.3 is 4.74 Å². The molecule has 23 heavy (non-hydrogen) atoms. The topological polar surface area (TPSA) is 74.7 Å². The van der Waals surface area contributed by atoms with E-state index in [1.165, 1.54) is 6.21 Å². The molecule has 0 atom stereocenters. The summed E-state index contributed by atoms with van der Waals surface area (Å²) in [4.78, 5) is 0. The Kier molecular flexibility index (Phi) is 7.85. The summed E-state index contributed by atoms with van der Waals surface area (Å²) in [7, 11) is 0. The van der Waals surface area contributed by atoms with Gasteiger partial charge in [-0.1, -0.05) is 47.5 Å². The summed E-state index contributed by atoms with van der Waals surface area (Å²) in [5, 5.41) is 12.7. The monoisotopic (exact) mass is 372 g/mol. The first kappa shape index (κ1) is 19.3. The molecule has 8 heteroatoms. The number of nitrogens with one attached hydrogen (secondary N) is 1. The Morgan fingerprint density at radius 1 is 1.22 bits per heavy atom. The molecule has 5 nitrogen and oxygen atoms in total. The predicted molar refractivity (Wildman–Crippen MR) is 96.9 cm³/mol. The third-order valence-electron chi connectivity index (χ3n) is 2.74. The highest BCUT2D eigenvalue weighted by molar-refractivity contribution is 6.34. The van der Waals surface area contributed by atoms with Gasteiger partial charge in [-0.25, -0.2) is 5.84 Å². The van der Waals surface area contributed by atoms with Crippen LogP contribution in [0.15, 0.2) is 47.6 Å². The summed E-state index contributed by atoms with van der Waals surface area (Å²) in [6.45, 7) is 0.352. The lowest BCUT2D eigenvalue weighted by molar-refractivity contribution is 0.306. The number of benzene rings is 2. The van der Waals surface area contributed by atoms with Crippen molar-refractivity contribution in [1.82, 2.24) is 5.12 Å². The number of nitrogens with two attached hydrogens (primary N) is 1. The molecular weight excluding hydrogens is 359 g/mol. The molecule has 0 aliphatic heterocycles. The van der Waals surface area contributed by atoms with Gasteiger partial charge in [-0.3, -0.25) is 5.41 Å². The van der Waals surface area contributed by atoms with Gasteiger partial charge in [0.2, 0.25) is 0 Å². The van der Waals surface area contributed by atoms with Gasteiger partial charge in [0.1, 0.15) is 18.7 Å². The second kappa shape index (κ2) is 9.37. The third-order valence-corrected chi connectivity index (χ3v) is 3.38. The van der Waals surface area contributed by atoms with Crippen molar-refractivity contribution in [2.24, 2.45) is 10.9 Å². The summed E-state index contributed by atoms with van der Waals surface area (Å²) in [5.41, 5.74) is 1.59. The lowest BCUT2D eigenvalue weighted by atomic mass is 10.2. The molecule has 0 saturated heterocycles. The van der Waals surface area contributed by atoms with Crippen LogP contribution in [0.1, 0.15) is 11.1 Å². The van der Waals surface area contributed by atoms with Gasteiger partial charge >= 0.3 is 0 Å². The van der Waals surface area contributed by atoms with E-state index in [2.05, 4.69) is 5.10 Å². The minimum Gasteiger partial charge on any atom is -0.487 e. The number of hydrazine groups is 1. The van der Waals surface area contributed by atoms with Crippen LogP contribution in [0.4, 0.5) is 0 Å². The lowest BCUT2D eigenvalue weighted by Crippen LogP contribution is -2.22. The third kappa shape index (κ3) is 5.73. The van der Waals surface area contributed by atoms with E-state index in [9.17, 15) is 0 Å². The first-order valence-corrected chi connectivity index (χ1v) is 7.10. The molecule has 3 N–H and O–H groups in total. The fourth-order valence-electron chi connectivity index (χ4n) is 1.69. The molecule has 0 heterocycles. The maximum absolute atomic E-state index is 6.94. The molecule has 0 aromatic heterocycles. The van der Waals surface area contributed by atoms with Gasteiger partial charge in [-0.05, 0) is 23.8 Å². The van der Waals surface area contributed by atoms with E-state index in [1.54, 1.807) is 24.3 Å². The zero-order valence-corrected chi connectivity index (χ0v) is 14.3. The van der Waals surface area contributed by atoms with Crippen molar-refractivity contribution >= 4 is 48.2 Å². The Hall–Kier alpha value is -1.79. The van der Waals surface area contributed by atoms with E-state index in [-0.39, 0.29) is 12.4 Å². The zero-order chi connectivity index (χ0) is 15.9. The molecule has 0 radical (unpaired) electrons. The second-order valence-corrected chi connectivity index (χ2v) is 5.15. The van der Waals surface area contributed by atoms with Gasteiger partial charge in [-0.15, -0.1) is 12.4 Å². The molecule has 0 saturated carbocycles. The first-order valence-electron chi connectivity index (χ1n) is 6.34. The van der Waals surface area contributed by atoms with E-state index in [1.807, 2.05) is 18.2 Å². The molecule has 122 valence electrons. The molecule has 0 spiro atoms. The van der Waals surface area contributed by atoms with Crippen molar-refractivity contribution in [3.8, 4) is 5.75 Å². The average Bonchev–Trinajstić information content (AvgIpc) is 2.52. The molecule has 2 aromatic carbocycles. The Morgan fingerprint density at radius 3 is 2.65 bits per heavy atom. The Balaban J connectivity index is 0.00000264. The maximum atomic E-state index is 6.94. The molecule has 0 unspecified atom stereocenters. The van der Waals surface area contributed by atoms with Gasteiger partial charge in [0.15, 0.2) is 0 Å². The largest absolute Gasteiger partial charge is 0.487 e. The van der Waals surface area contributed by atoms with Crippen LogP contribution in [0.25, 0.3) is 0 Å². The molecule has 2 aromatic rings. The van der Waals surface area contributed by atoms with Crippen LogP contribution < -0.4 is 10.6 Å². The fourth-order valence-corrected chi connectivity index (χ4v) is 2.13. The highest BCUT2D eigenvalue weighted by Crippen LogP contribution is 2.28. The summed E-state index contributed by atoms with van der Waals surface area (Å²) in [6, 6.07) is 12.7. The van der Waals surface area contributed by atoms with Crippen molar-refractivity contribution < 1.29 is 4.74 Å². The van der Waals surface area contributed by atoms with Crippen LogP contribution in [0.2, 0.25) is 10.0 Å². The second-order valence-electron chi connectivity index (χ2n) is 4.33. The number of halogens is 3. The van der Waals surface area contributed by atoms with Crippen LogP contribution in [0.3, 0.4) is 0 Å². The average molecular weight is 374 g/mol. The van der Waals surface area contributed by atoms with Gasteiger partial charge in [-0.2, -0.15) is 10.2 Å². The summed E-state index contributed by atoms with van der Waals surface area (Å²) in [6.07, 6.45) is 2.34. The number of hydrazone groups is 1. The van der Waals surface area contributed by atoms with E-state index in [0.717, 1.165) is 17.0 Å². The fraction of sp³-hybridized carbons (Fsp3) is 0.0667. The quantitative estimate of drug-likeness (QED) is 0.346. The van der Waals surface area contributed by atoms with Crippen molar-refractivity contribution in [3.05, 3.63) is 63.6 Å². The number of nitrogens with zero attached hydrogens (tertiary/aromatic N) is 2. The number of hydrogen-bond donors (Lipinski definition) is 2. The van der Waals surface area contributed by atoms with Gasteiger partial charge in [0.05, 0.1) is 11.2 Å². The highest BCUT2D eigenvalue weighted by Gasteiger charge is 2.06. The van der Waals surface area contributed by atoms with E-state index < -0.39 is 0 Å². The molecule has 2 rings (SSSR count). The Morgan fingerprint density at radius 2 is 1.96 bits per heavy atom. The number of ether oxygens (including phenoxy) is 1. The van der Waals surface area contributed by atoms with Crippen molar-refractivity contribution in [2.75, 3.05) is 0 Å². The van der Waals surface area contributed by atoms with Crippen LogP contribution >= 0.6 is 35.6 Å². The zero-order valence-electron chi connectivity index (χ0n) is 11.9. The van der Waals surface area contributed by atoms with Crippen LogP contribution in [-0.4, -0.2) is 17.7 Å². The summed E-state index contributed by atoms with van der Waals surface area (Å²) < 4.78 is 5.71. The summed E-state index contributed by atoms with van der Waals surface area (Å²) >= 11 is 12.2. The van der Waals surface area contributed by atoms with Crippen LogP contribution in [0, 0.1) is 5.41 Å². The minimum absolute atomic E-state index is 0.